The van der Waals surface area contributed by atoms with Crippen LogP contribution in [0.3, 0.4) is 0 Å². The molecule has 0 aliphatic heterocycles. The van der Waals surface area contributed by atoms with Crippen molar-refractivity contribution >= 4 is 18.9 Å². The lowest BCUT2D eigenvalue weighted by molar-refractivity contribution is -0.119. The zero-order valence-corrected chi connectivity index (χ0v) is 14.7. The third-order valence-electron chi connectivity index (χ3n) is 3.42. The molecule has 0 bridgehead atoms. The van der Waals surface area contributed by atoms with E-state index in [0.717, 1.165) is 23.5 Å². The van der Waals surface area contributed by atoms with Crippen molar-refractivity contribution in [3.8, 4) is 5.75 Å². The number of amides is 2. The minimum absolute atomic E-state index is 0.184. The van der Waals surface area contributed by atoms with Crippen molar-refractivity contribution in [1.82, 2.24) is 10.6 Å². The van der Waals surface area contributed by atoms with Crippen molar-refractivity contribution in [2.45, 2.75) is 32.8 Å². The summed E-state index contributed by atoms with van der Waals surface area (Å²) in [5, 5.41) is 23.7. The molecule has 136 valence electrons. The molecule has 0 saturated heterocycles. The third-order valence-corrected chi connectivity index (χ3v) is 3.42. The van der Waals surface area contributed by atoms with Gasteiger partial charge in [-0.15, -0.1) is 0 Å². The van der Waals surface area contributed by atoms with Crippen molar-refractivity contribution in [2.24, 2.45) is 5.92 Å². The first-order chi connectivity index (χ1) is 11.8. The zero-order chi connectivity index (χ0) is 18.8. The number of rotatable bonds is 9. The minimum atomic E-state index is -1.65. The fraction of sp³-hybridized carbons (Fsp3) is 0.412. The number of carbonyl (C=O) groups excluding carboxylic acids is 2. The predicted octanol–water partition coefficient (Wildman–Crippen LogP) is 0.410. The van der Waals surface area contributed by atoms with Crippen LogP contribution in [-0.4, -0.2) is 42.0 Å². The monoisotopic (exact) mass is 348 g/mol. The van der Waals surface area contributed by atoms with Crippen LogP contribution >= 0.6 is 0 Å². The number of hydrogen-bond donors (Lipinski definition) is 4. The second-order valence-corrected chi connectivity index (χ2v) is 6.06. The zero-order valence-electron chi connectivity index (χ0n) is 14.7. The minimum Gasteiger partial charge on any atom is -0.497 e. The largest absolute Gasteiger partial charge is 0.497 e. The number of carbonyl (C=O) groups is 2. The molecule has 0 aliphatic carbocycles. The first-order valence-corrected chi connectivity index (χ1v) is 8.07. The number of benzene rings is 1. The van der Waals surface area contributed by atoms with Crippen LogP contribution < -0.4 is 15.4 Å². The van der Waals surface area contributed by atoms with Gasteiger partial charge in [0.2, 0.25) is 11.8 Å². The smallest absolute Gasteiger partial charge is 0.475 e. The maximum Gasteiger partial charge on any atom is 0.475 e. The van der Waals surface area contributed by atoms with E-state index in [1.165, 1.54) is 0 Å². The summed E-state index contributed by atoms with van der Waals surface area (Å²) in [5.41, 5.74) is 0.896. The van der Waals surface area contributed by atoms with Crippen LogP contribution in [0.25, 0.3) is 0 Å². The summed E-state index contributed by atoms with van der Waals surface area (Å²) in [4.78, 5) is 23.5. The normalized spacial score (nSPS) is 12.1. The summed E-state index contributed by atoms with van der Waals surface area (Å²) in [6, 6.07) is 7.24. The van der Waals surface area contributed by atoms with E-state index in [2.05, 4.69) is 10.6 Å². The molecular formula is C17H25BN2O5. The van der Waals surface area contributed by atoms with Gasteiger partial charge in [0.15, 0.2) is 0 Å². The topological polar surface area (TPSA) is 108 Å². The molecular weight excluding hydrogens is 323 g/mol. The summed E-state index contributed by atoms with van der Waals surface area (Å²) >= 11 is 0. The second kappa shape index (κ2) is 10.5. The molecule has 0 aliphatic rings. The van der Waals surface area contributed by atoms with Crippen LogP contribution in [0.4, 0.5) is 0 Å². The van der Waals surface area contributed by atoms with Crippen LogP contribution in [0.5, 0.6) is 5.75 Å². The van der Waals surface area contributed by atoms with Gasteiger partial charge >= 0.3 is 7.12 Å². The van der Waals surface area contributed by atoms with Gasteiger partial charge in [0.25, 0.3) is 0 Å². The summed E-state index contributed by atoms with van der Waals surface area (Å²) in [7, 11) is -0.0719. The standard InChI is InChI=1S/C17H25BN2O5/c1-12(2)10-15(18(23)24)20-17(22)9-8-16(21)19-11-13-4-6-14(25-3)7-5-13/h4-9,12,15,23-24H,10-11H2,1-3H3,(H,19,21)(H,20,22)/b9-8+. The van der Waals surface area contributed by atoms with E-state index in [1.807, 2.05) is 26.0 Å². The first kappa shape index (κ1) is 20.7. The van der Waals surface area contributed by atoms with Gasteiger partial charge in [-0.1, -0.05) is 26.0 Å². The Labute approximate surface area is 148 Å². The molecule has 25 heavy (non-hydrogen) atoms. The fourth-order valence-corrected chi connectivity index (χ4v) is 2.14. The number of methoxy groups -OCH3 is 1. The highest BCUT2D eigenvalue weighted by molar-refractivity contribution is 6.43. The molecule has 0 saturated carbocycles. The number of nitrogens with one attached hydrogen (secondary N) is 2. The molecule has 4 N–H and O–H groups in total. The highest BCUT2D eigenvalue weighted by atomic mass is 16.5. The molecule has 2 amide bonds. The van der Waals surface area contributed by atoms with Gasteiger partial charge in [-0.05, 0) is 30.0 Å². The Morgan fingerprint density at radius 3 is 2.28 bits per heavy atom. The van der Waals surface area contributed by atoms with E-state index in [-0.39, 0.29) is 5.92 Å². The molecule has 0 heterocycles. The van der Waals surface area contributed by atoms with Gasteiger partial charge in [0.1, 0.15) is 5.75 Å². The summed E-state index contributed by atoms with van der Waals surface area (Å²) in [6.45, 7) is 4.13. The maximum atomic E-state index is 11.8. The maximum absolute atomic E-state index is 11.8. The van der Waals surface area contributed by atoms with Crippen LogP contribution in [0.2, 0.25) is 0 Å². The Hall–Kier alpha value is -2.32. The highest BCUT2D eigenvalue weighted by Crippen LogP contribution is 2.10. The molecule has 1 aromatic rings. The van der Waals surface area contributed by atoms with Gasteiger partial charge < -0.3 is 25.4 Å². The molecule has 1 unspecified atom stereocenters. The molecule has 1 rings (SSSR count). The van der Waals surface area contributed by atoms with Crippen LogP contribution in [0.15, 0.2) is 36.4 Å². The van der Waals surface area contributed by atoms with Crippen LogP contribution in [0.1, 0.15) is 25.8 Å². The second-order valence-electron chi connectivity index (χ2n) is 6.06. The molecule has 1 aromatic carbocycles. The highest BCUT2D eigenvalue weighted by Gasteiger charge is 2.25. The number of ether oxygens (including phenoxy) is 1. The van der Waals surface area contributed by atoms with Crippen molar-refractivity contribution in [2.75, 3.05) is 7.11 Å². The van der Waals surface area contributed by atoms with Crippen LogP contribution in [0, 0.1) is 5.92 Å². The van der Waals surface area contributed by atoms with Gasteiger partial charge in [-0.25, -0.2) is 0 Å². The molecule has 7 nitrogen and oxygen atoms in total. The fourth-order valence-electron chi connectivity index (χ4n) is 2.14. The Balaban J connectivity index is 2.44. The van der Waals surface area contributed by atoms with E-state index in [9.17, 15) is 19.6 Å². The van der Waals surface area contributed by atoms with E-state index in [0.29, 0.717) is 13.0 Å². The lowest BCUT2D eigenvalue weighted by Crippen LogP contribution is -2.46. The van der Waals surface area contributed by atoms with Gasteiger partial charge in [-0.2, -0.15) is 0 Å². The average molecular weight is 348 g/mol. The van der Waals surface area contributed by atoms with Crippen molar-refractivity contribution in [3.05, 3.63) is 42.0 Å². The average Bonchev–Trinajstić information content (AvgIpc) is 2.57. The van der Waals surface area contributed by atoms with Gasteiger partial charge in [0, 0.05) is 18.7 Å². The van der Waals surface area contributed by atoms with E-state index < -0.39 is 24.9 Å². The lowest BCUT2D eigenvalue weighted by atomic mass is 9.75. The summed E-state index contributed by atoms with van der Waals surface area (Å²) < 4.78 is 5.05. The third kappa shape index (κ3) is 8.37. The Morgan fingerprint density at radius 2 is 1.76 bits per heavy atom. The Morgan fingerprint density at radius 1 is 1.16 bits per heavy atom. The van der Waals surface area contributed by atoms with Crippen molar-refractivity contribution in [3.63, 3.8) is 0 Å². The van der Waals surface area contributed by atoms with Gasteiger partial charge in [0.05, 0.1) is 13.1 Å². The van der Waals surface area contributed by atoms with Gasteiger partial charge in [-0.3, -0.25) is 9.59 Å². The lowest BCUT2D eigenvalue weighted by Gasteiger charge is -2.18. The van der Waals surface area contributed by atoms with E-state index >= 15 is 0 Å². The quantitative estimate of drug-likeness (QED) is 0.382. The SMILES string of the molecule is COc1ccc(CNC(=O)/C=C/C(=O)NC(CC(C)C)B(O)O)cc1. The van der Waals surface area contributed by atoms with Crippen LogP contribution in [-0.2, 0) is 16.1 Å². The number of hydrogen-bond acceptors (Lipinski definition) is 5. The molecule has 1 atom stereocenters. The molecule has 8 heteroatoms. The van der Waals surface area contributed by atoms with E-state index in [4.69, 9.17) is 4.74 Å². The first-order valence-electron chi connectivity index (χ1n) is 8.07. The summed E-state index contributed by atoms with van der Waals surface area (Å²) in [5.74, 6) is -0.841. The molecule has 0 radical (unpaired) electrons. The summed E-state index contributed by atoms with van der Waals surface area (Å²) in [6.07, 6.45) is 2.59. The Bertz CT molecular complexity index is 587. The predicted molar refractivity (Wildman–Crippen MR) is 95.6 cm³/mol. The molecule has 0 spiro atoms. The molecule has 0 aromatic heterocycles. The van der Waals surface area contributed by atoms with Crippen molar-refractivity contribution < 1.29 is 24.4 Å². The molecule has 0 fully saturated rings. The van der Waals surface area contributed by atoms with Crippen molar-refractivity contribution in [1.29, 1.82) is 0 Å². The Kier molecular flexibility index (Phi) is 8.73. The van der Waals surface area contributed by atoms with E-state index in [1.54, 1.807) is 19.2 Å².